The first-order chi connectivity index (χ1) is 16.1. The van der Waals surface area contributed by atoms with Crippen LogP contribution < -0.4 is 10.4 Å². The molecule has 2 aromatic carbocycles. The van der Waals surface area contributed by atoms with Gasteiger partial charge in [0, 0.05) is 19.0 Å². The van der Waals surface area contributed by atoms with Crippen molar-refractivity contribution in [3.63, 3.8) is 0 Å². The lowest BCUT2D eigenvalue weighted by molar-refractivity contribution is 0.243. The molecule has 3 aromatic heterocycles. The fourth-order valence-electron chi connectivity index (χ4n) is 4.39. The highest BCUT2D eigenvalue weighted by atomic mass is 19.1. The molecule has 0 saturated carbocycles. The van der Waals surface area contributed by atoms with Crippen LogP contribution in [0.3, 0.4) is 0 Å². The number of hydrogen-bond donors (Lipinski definition) is 0. The molecule has 33 heavy (non-hydrogen) atoms. The number of aromatic nitrogens is 6. The Hall–Kier alpha value is -4.52. The first-order valence-corrected chi connectivity index (χ1v) is 10.3. The Morgan fingerprint density at radius 1 is 1.21 bits per heavy atom. The van der Waals surface area contributed by atoms with Crippen LogP contribution in [0, 0.1) is 12.4 Å². The lowest BCUT2D eigenvalue weighted by Gasteiger charge is -2.26. The van der Waals surface area contributed by atoms with Crippen LogP contribution in [0.2, 0.25) is 0 Å². The number of benzene rings is 2. The molecule has 0 aliphatic carbocycles. The molecule has 0 bridgehead atoms. The number of halogens is 1. The second-order valence-corrected chi connectivity index (χ2v) is 7.80. The zero-order chi connectivity index (χ0) is 22.7. The summed E-state index contributed by atoms with van der Waals surface area (Å²) in [5, 5.41) is 0. The van der Waals surface area contributed by atoms with Gasteiger partial charge in [-0.25, -0.2) is 24.0 Å². The van der Waals surface area contributed by atoms with E-state index in [1.807, 2.05) is 0 Å². The molecule has 10 heteroatoms. The van der Waals surface area contributed by atoms with Gasteiger partial charge in [0.1, 0.15) is 11.8 Å². The lowest BCUT2D eigenvalue weighted by Crippen LogP contribution is -2.30. The molecule has 5 aromatic rings. The van der Waals surface area contributed by atoms with Gasteiger partial charge < -0.3 is 4.74 Å². The number of aryl methyl sites for hydroxylation is 1. The van der Waals surface area contributed by atoms with E-state index in [0.717, 1.165) is 0 Å². The molecule has 0 amide bonds. The van der Waals surface area contributed by atoms with Crippen molar-refractivity contribution < 1.29 is 9.13 Å². The summed E-state index contributed by atoms with van der Waals surface area (Å²) in [4.78, 5) is 30.3. The maximum atomic E-state index is 14.4. The average Bonchev–Trinajstić information content (AvgIpc) is 3.37. The second-order valence-electron chi connectivity index (χ2n) is 7.80. The van der Waals surface area contributed by atoms with Crippen LogP contribution in [0.25, 0.3) is 33.0 Å². The van der Waals surface area contributed by atoms with Crippen LogP contribution >= 0.6 is 0 Å². The fraction of sp³-hybridized carbons (Fsp3) is 0.174. The first-order valence-electron chi connectivity index (χ1n) is 10.3. The lowest BCUT2D eigenvalue weighted by atomic mass is 10.00. The molecule has 6 rings (SSSR count). The molecule has 0 saturated heterocycles. The number of fused-ring (bicyclic) bond motifs is 3. The van der Waals surface area contributed by atoms with Crippen LogP contribution in [-0.2, 0) is 7.05 Å². The summed E-state index contributed by atoms with van der Waals surface area (Å²) in [6.07, 6.45) is 3.67. The number of imidazole rings is 2. The zero-order valence-electron chi connectivity index (χ0n) is 17.4. The fourth-order valence-corrected chi connectivity index (χ4v) is 4.39. The Bertz CT molecular complexity index is 1670. The Kier molecular flexibility index (Phi) is 4.07. The summed E-state index contributed by atoms with van der Waals surface area (Å²) >= 11 is 0. The minimum atomic E-state index is -0.457. The van der Waals surface area contributed by atoms with Gasteiger partial charge >= 0.3 is 5.69 Å². The van der Waals surface area contributed by atoms with E-state index in [2.05, 4.69) is 14.8 Å². The quantitative estimate of drug-likeness (QED) is 0.392. The van der Waals surface area contributed by atoms with E-state index in [-0.39, 0.29) is 18.0 Å². The molecule has 1 atom stereocenters. The molecule has 0 N–H and O–H groups in total. The van der Waals surface area contributed by atoms with Crippen molar-refractivity contribution in [3.8, 4) is 11.7 Å². The molecule has 9 nitrogen and oxygen atoms in total. The molecule has 0 unspecified atom stereocenters. The minimum absolute atomic E-state index is 0.166. The third kappa shape index (κ3) is 2.75. The summed E-state index contributed by atoms with van der Waals surface area (Å²) < 4.78 is 24.7. The van der Waals surface area contributed by atoms with Crippen LogP contribution in [0.1, 0.15) is 18.0 Å². The molecule has 0 radical (unpaired) electrons. The molecule has 1 aliphatic heterocycles. The van der Waals surface area contributed by atoms with Gasteiger partial charge in [-0.15, -0.1) is 0 Å². The predicted molar refractivity (Wildman–Crippen MR) is 118 cm³/mol. The Morgan fingerprint density at radius 3 is 2.94 bits per heavy atom. The van der Waals surface area contributed by atoms with Crippen molar-refractivity contribution in [2.24, 2.45) is 7.05 Å². The van der Waals surface area contributed by atoms with Crippen molar-refractivity contribution in [2.75, 3.05) is 6.61 Å². The van der Waals surface area contributed by atoms with Gasteiger partial charge in [-0.05, 0) is 18.2 Å². The van der Waals surface area contributed by atoms with Crippen LogP contribution in [0.5, 0.6) is 5.75 Å². The maximum absolute atomic E-state index is 14.4. The van der Waals surface area contributed by atoms with E-state index in [1.54, 1.807) is 59.0 Å². The van der Waals surface area contributed by atoms with E-state index in [9.17, 15) is 9.18 Å². The molecular weight excluding hydrogens is 425 g/mol. The van der Waals surface area contributed by atoms with Gasteiger partial charge in [-0.1, -0.05) is 18.2 Å². The highest BCUT2D eigenvalue weighted by molar-refractivity contribution is 5.81. The van der Waals surface area contributed by atoms with Gasteiger partial charge in [0.05, 0.1) is 36.5 Å². The van der Waals surface area contributed by atoms with Gasteiger partial charge in [-0.2, -0.15) is 4.98 Å². The second kappa shape index (κ2) is 7.00. The largest absolute Gasteiger partial charge is 0.490 e. The van der Waals surface area contributed by atoms with E-state index in [0.29, 0.717) is 45.8 Å². The number of ether oxygens (including phenoxy) is 1. The molecule has 4 heterocycles. The molecule has 1 aliphatic rings. The van der Waals surface area contributed by atoms with Crippen LogP contribution in [0.15, 0.2) is 53.7 Å². The summed E-state index contributed by atoms with van der Waals surface area (Å²) in [6, 6.07) is 9.48. The Morgan fingerprint density at radius 2 is 2.09 bits per heavy atom. The van der Waals surface area contributed by atoms with Gasteiger partial charge in [0.2, 0.25) is 5.95 Å². The molecular formula is C23H16FN7O2. The van der Waals surface area contributed by atoms with E-state index in [1.165, 1.54) is 10.6 Å². The third-order valence-electron chi connectivity index (χ3n) is 6.00. The smallest absolute Gasteiger partial charge is 0.330 e. The topological polar surface area (TPSA) is 84.1 Å². The average molecular weight is 441 g/mol. The Labute approximate surface area is 186 Å². The summed E-state index contributed by atoms with van der Waals surface area (Å²) in [6.45, 7) is 7.57. The number of hydrogen-bond acceptors (Lipinski definition) is 5. The van der Waals surface area contributed by atoms with E-state index < -0.39 is 11.9 Å². The minimum Gasteiger partial charge on any atom is -0.490 e. The van der Waals surface area contributed by atoms with Crippen molar-refractivity contribution in [1.29, 1.82) is 0 Å². The SMILES string of the molecule is [C-]#[N+]c1ccc2ncn(-c3ncc4c(n3)n([C@@H]3CCOc5c(F)cccc53)c(=O)n4C)c2c1. The van der Waals surface area contributed by atoms with Crippen LogP contribution in [0.4, 0.5) is 10.1 Å². The van der Waals surface area contributed by atoms with Crippen molar-refractivity contribution in [2.45, 2.75) is 12.5 Å². The highest BCUT2D eigenvalue weighted by Gasteiger charge is 2.29. The molecule has 0 fully saturated rings. The first kappa shape index (κ1) is 19.2. The Balaban J connectivity index is 1.59. The molecule has 162 valence electrons. The summed E-state index contributed by atoms with van der Waals surface area (Å²) in [7, 11) is 1.66. The maximum Gasteiger partial charge on any atom is 0.330 e. The zero-order valence-corrected chi connectivity index (χ0v) is 17.4. The van der Waals surface area contributed by atoms with Gasteiger partial charge in [-0.3, -0.25) is 13.7 Å². The summed E-state index contributed by atoms with van der Waals surface area (Å²) in [5.41, 5.74) is 3.17. The number of rotatable bonds is 2. The van der Waals surface area contributed by atoms with Gasteiger partial charge in [0.25, 0.3) is 0 Å². The van der Waals surface area contributed by atoms with Gasteiger partial charge in [0.15, 0.2) is 22.9 Å². The van der Waals surface area contributed by atoms with Crippen molar-refractivity contribution in [3.05, 3.63) is 82.2 Å². The van der Waals surface area contributed by atoms with Crippen molar-refractivity contribution in [1.82, 2.24) is 28.7 Å². The number of nitrogens with zero attached hydrogens (tertiary/aromatic N) is 7. The van der Waals surface area contributed by atoms with E-state index >= 15 is 0 Å². The van der Waals surface area contributed by atoms with Crippen LogP contribution in [-0.4, -0.2) is 35.3 Å². The predicted octanol–water partition coefficient (Wildman–Crippen LogP) is 3.53. The normalized spacial score (nSPS) is 15.4. The monoisotopic (exact) mass is 441 g/mol. The molecule has 0 spiro atoms. The van der Waals surface area contributed by atoms with E-state index in [4.69, 9.17) is 16.3 Å². The highest BCUT2D eigenvalue weighted by Crippen LogP contribution is 2.37. The van der Waals surface area contributed by atoms with Crippen molar-refractivity contribution >= 4 is 27.9 Å². The summed E-state index contributed by atoms with van der Waals surface area (Å²) in [5.74, 6) is 0.0264. The standard InChI is InChI=1S/C23H16FN7O2/c1-25-13-6-7-16-18(10-13)30(12-27-16)22-26-11-19-21(28-22)31(23(32)29(19)2)17-8-9-33-20-14(17)4-3-5-15(20)24/h3-7,10-12,17H,8-9H2,2H3/t17-/m1/s1. The number of para-hydroxylation sites is 1. The third-order valence-corrected chi connectivity index (χ3v) is 6.00.